The van der Waals surface area contributed by atoms with Gasteiger partial charge in [0.05, 0.1) is 23.5 Å². The van der Waals surface area contributed by atoms with Gasteiger partial charge < -0.3 is 15.0 Å². The van der Waals surface area contributed by atoms with Crippen molar-refractivity contribution in [2.45, 2.75) is 20.2 Å². The maximum atomic E-state index is 13.0. The molecule has 0 bridgehead atoms. The van der Waals surface area contributed by atoms with Crippen molar-refractivity contribution in [3.63, 3.8) is 0 Å². The van der Waals surface area contributed by atoms with E-state index < -0.39 is 6.36 Å². The summed E-state index contributed by atoms with van der Waals surface area (Å²) in [5, 5.41) is 7.02. The summed E-state index contributed by atoms with van der Waals surface area (Å²) in [5.74, 6) is -0.798. The molecular weight excluding hydrogens is 453 g/mol. The Labute approximate surface area is 193 Å². The van der Waals surface area contributed by atoms with E-state index in [9.17, 15) is 22.8 Å². The quantitative estimate of drug-likeness (QED) is 0.609. The molecule has 9 nitrogen and oxygen atoms in total. The van der Waals surface area contributed by atoms with Gasteiger partial charge in [-0.15, -0.1) is 13.2 Å². The van der Waals surface area contributed by atoms with Crippen molar-refractivity contribution in [2.75, 3.05) is 38.0 Å². The Morgan fingerprint density at radius 1 is 1.09 bits per heavy atom. The summed E-state index contributed by atoms with van der Waals surface area (Å²) in [5.41, 5.74) is 3.07. The number of nitrogens with one attached hydrogen (secondary N) is 1. The molecule has 1 aliphatic heterocycles. The van der Waals surface area contributed by atoms with Crippen molar-refractivity contribution < 1.29 is 27.5 Å². The van der Waals surface area contributed by atoms with E-state index in [4.69, 9.17) is 0 Å². The molecule has 0 unspecified atom stereocenters. The number of alkyl halides is 3. The summed E-state index contributed by atoms with van der Waals surface area (Å²) in [6.07, 6.45) is -3.20. The predicted octanol–water partition coefficient (Wildman–Crippen LogP) is 2.64. The molecule has 0 atom stereocenters. The first-order valence-corrected chi connectivity index (χ1v) is 10.6. The first kappa shape index (κ1) is 23.5. The van der Waals surface area contributed by atoms with Crippen molar-refractivity contribution in [3.05, 3.63) is 53.5 Å². The van der Waals surface area contributed by atoms with Gasteiger partial charge in [0, 0.05) is 44.1 Å². The normalized spacial score (nSPS) is 14.9. The van der Waals surface area contributed by atoms with E-state index in [2.05, 4.69) is 20.1 Å². The van der Waals surface area contributed by atoms with E-state index >= 15 is 0 Å². The number of benzene rings is 1. The van der Waals surface area contributed by atoms with Crippen LogP contribution in [0.4, 0.5) is 18.9 Å². The van der Waals surface area contributed by atoms with Gasteiger partial charge >= 0.3 is 6.36 Å². The van der Waals surface area contributed by atoms with Crippen molar-refractivity contribution in [2.24, 2.45) is 0 Å². The molecule has 180 valence electrons. The molecule has 1 fully saturated rings. The van der Waals surface area contributed by atoms with Gasteiger partial charge in [0.25, 0.3) is 5.91 Å². The summed E-state index contributed by atoms with van der Waals surface area (Å²) >= 11 is 0. The number of carbonyl (C=O) groups is 2. The number of ether oxygens (including phenoxy) is 1. The highest BCUT2D eigenvalue weighted by molar-refractivity contribution is 5.95. The van der Waals surface area contributed by atoms with Gasteiger partial charge in [0.1, 0.15) is 5.75 Å². The summed E-state index contributed by atoms with van der Waals surface area (Å²) in [4.78, 5) is 33.3. The second kappa shape index (κ2) is 9.29. The lowest BCUT2D eigenvalue weighted by atomic mass is 10.2. The average molecular weight is 476 g/mol. The predicted molar refractivity (Wildman–Crippen MR) is 117 cm³/mol. The van der Waals surface area contributed by atoms with Crippen LogP contribution >= 0.6 is 0 Å². The second-order valence-electron chi connectivity index (χ2n) is 8.00. The molecule has 1 aromatic carbocycles. The number of carbonyl (C=O) groups excluding carboxylic acids is 2. The van der Waals surface area contributed by atoms with Crippen molar-refractivity contribution in [1.82, 2.24) is 24.4 Å². The highest BCUT2D eigenvalue weighted by Crippen LogP contribution is 2.24. The zero-order valence-electron chi connectivity index (χ0n) is 18.6. The highest BCUT2D eigenvalue weighted by atomic mass is 19.4. The molecule has 34 heavy (non-hydrogen) atoms. The van der Waals surface area contributed by atoms with E-state index in [0.29, 0.717) is 43.1 Å². The van der Waals surface area contributed by atoms with Crippen LogP contribution in [-0.4, -0.2) is 75.3 Å². The van der Waals surface area contributed by atoms with Crippen LogP contribution in [0, 0.1) is 13.8 Å². The number of halogens is 3. The number of nitrogens with zero attached hydrogens (tertiary/aromatic N) is 5. The Hall–Kier alpha value is -3.67. The van der Waals surface area contributed by atoms with Crippen LogP contribution in [0.15, 0.2) is 36.5 Å². The summed E-state index contributed by atoms with van der Waals surface area (Å²) in [6.45, 7) is 5.71. The Balaban J connectivity index is 1.29. The Bertz CT molecular complexity index is 1200. The van der Waals surface area contributed by atoms with Gasteiger partial charge in [0.15, 0.2) is 5.65 Å². The summed E-state index contributed by atoms with van der Waals surface area (Å²) in [6, 6.07) is 6.78. The van der Waals surface area contributed by atoms with E-state index in [1.807, 2.05) is 24.8 Å². The molecule has 3 aromatic rings. The first-order valence-electron chi connectivity index (χ1n) is 10.6. The maximum Gasteiger partial charge on any atom is 0.573 e. The highest BCUT2D eigenvalue weighted by Gasteiger charge is 2.31. The fourth-order valence-corrected chi connectivity index (χ4v) is 3.80. The summed E-state index contributed by atoms with van der Waals surface area (Å²) < 4.78 is 42.2. The van der Waals surface area contributed by atoms with E-state index in [-0.39, 0.29) is 24.1 Å². The lowest BCUT2D eigenvalue weighted by Crippen LogP contribution is -2.50. The third-order valence-corrected chi connectivity index (χ3v) is 5.47. The molecule has 12 heteroatoms. The zero-order chi connectivity index (χ0) is 24.5. The number of amides is 2. The van der Waals surface area contributed by atoms with Crippen LogP contribution in [0.3, 0.4) is 0 Å². The molecule has 0 spiro atoms. The van der Waals surface area contributed by atoms with E-state index in [1.165, 1.54) is 12.1 Å². The Morgan fingerprint density at radius 3 is 2.41 bits per heavy atom. The minimum atomic E-state index is -4.77. The van der Waals surface area contributed by atoms with E-state index in [0.717, 1.165) is 23.5 Å². The van der Waals surface area contributed by atoms with Gasteiger partial charge in [-0.05, 0) is 38.1 Å². The molecule has 2 aromatic heterocycles. The molecule has 1 N–H and O–H groups in total. The minimum Gasteiger partial charge on any atom is -0.406 e. The first-order chi connectivity index (χ1) is 16.1. The SMILES string of the molecule is Cc1cc2ncc(C(=O)N3CCN(CC(=O)Nc4ccc(OC(F)(F)F)cc4)CC3)c(C)n2n1. The van der Waals surface area contributed by atoms with Gasteiger partial charge in [-0.2, -0.15) is 5.10 Å². The number of hydrogen-bond donors (Lipinski definition) is 1. The van der Waals surface area contributed by atoms with Gasteiger partial charge in [-0.25, -0.2) is 9.50 Å². The second-order valence-corrected chi connectivity index (χ2v) is 8.00. The molecule has 0 radical (unpaired) electrons. The Morgan fingerprint density at radius 2 is 1.76 bits per heavy atom. The third kappa shape index (κ3) is 5.45. The maximum absolute atomic E-state index is 13.0. The van der Waals surface area contributed by atoms with Gasteiger partial charge in [-0.3, -0.25) is 14.5 Å². The standard InChI is InChI=1S/C22H23F3N6O3/c1-14-11-19-26-12-18(15(2)31(19)28-14)21(33)30-9-7-29(8-10-30)13-20(32)27-16-3-5-17(6-4-16)34-22(23,24)25/h3-6,11-12H,7-10,13H2,1-2H3,(H,27,32). The number of anilines is 1. The molecule has 3 heterocycles. The molecule has 1 saturated heterocycles. The van der Waals surface area contributed by atoms with Crippen molar-refractivity contribution in [3.8, 4) is 5.75 Å². The number of hydrogen-bond acceptors (Lipinski definition) is 6. The van der Waals surface area contributed by atoms with Crippen LogP contribution in [0.25, 0.3) is 5.65 Å². The number of rotatable bonds is 5. The molecule has 4 rings (SSSR count). The lowest BCUT2D eigenvalue weighted by Gasteiger charge is -2.34. The number of aryl methyl sites for hydroxylation is 2. The topological polar surface area (TPSA) is 92.1 Å². The third-order valence-electron chi connectivity index (χ3n) is 5.47. The lowest BCUT2D eigenvalue weighted by molar-refractivity contribution is -0.274. The number of fused-ring (bicyclic) bond motifs is 1. The van der Waals surface area contributed by atoms with Crippen LogP contribution in [0.5, 0.6) is 5.75 Å². The zero-order valence-corrected chi connectivity index (χ0v) is 18.6. The fraction of sp³-hybridized carbons (Fsp3) is 0.364. The van der Waals surface area contributed by atoms with E-state index in [1.54, 1.807) is 15.6 Å². The summed E-state index contributed by atoms with van der Waals surface area (Å²) in [7, 11) is 0. The fourth-order valence-electron chi connectivity index (χ4n) is 3.80. The average Bonchev–Trinajstić information content (AvgIpc) is 3.16. The minimum absolute atomic E-state index is 0.0991. The van der Waals surface area contributed by atoms with Crippen LogP contribution in [0.1, 0.15) is 21.7 Å². The molecule has 1 aliphatic rings. The number of piperazine rings is 1. The molecular formula is C22H23F3N6O3. The molecule has 2 amide bonds. The smallest absolute Gasteiger partial charge is 0.406 e. The van der Waals surface area contributed by atoms with Gasteiger partial charge in [-0.1, -0.05) is 0 Å². The largest absolute Gasteiger partial charge is 0.573 e. The number of aromatic nitrogens is 3. The molecule has 0 saturated carbocycles. The Kier molecular flexibility index (Phi) is 6.42. The van der Waals surface area contributed by atoms with Crippen LogP contribution in [0.2, 0.25) is 0 Å². The molecule has 0 aliphatic carbocycles. The van der Waals surface area contributed by atoms with Crippen molar-refractivity contribution in [1.29, 1.82) is 0 Å². The monoisotopic (exact) mass is 476 g/mol. The van der Waals surface area contributed by atoms with Crippen molar-refractivity contribution >= 4 is 23.1 Å². The van der Waals surface area contributed by atoms with Crippen LogP contribution < -0.4 is 10.1 Å². The van der Waals surface area contributed by atoms with Crippen LogP contribution in [-0.2, 0) is 4.79 Å². The van der Waals surface area contributed by atoms with Gasteiger partial charge in [0.2, 0.25) is 5.91 Å².